The topological polar surface area (TPSA) is 21.3 Å². The first-order chi connectivity index (χ1) is 3.80. The molecule has 1 rings (SSSR count). The van der Waals surface area contributed by atoms with Crippen LogP contribution >= 0.6 is 12.6 Å². The van der Waals surface area contributed by atoms with Gasteiger partial charge in [-0.3, -0.25) is 5.32 Å². The molecule has 0 saturated carbocycles. The highest BCUT2D eigenvalue weighted by molar-refractivity contribution is 7.81. The summed E-state index contributed by atoms with van der Waals surface area (Å²) < 4.78 is 5.06. The molecule has 0 spiro atoms. The van der Waals surface area contributed by atoms with Gasteiger partial charge in [-0.15, -0.1) is 0 Å². The fourth-order valence-corrected chi connectivity index (χ4v) is 0.912. The van der Waals surface area contributed by atoms with Gasteiger partial charge in [-0.25, -0.2) is 0 Å². The van der Waals surface area contributed by atoms with Gasteiger partial charge in [0.2, 0.25) is 0 Å². The Morgan fingerprint density at radius 3 is 2.88 bits per heavy atom. The third-order valence-corrected chi connectivity index (χ3v) is 1.69. The molecule has 1 saturated heterocycles. The Balaban J connectivity index is 2.24. The van der Waals surface area contributed by atoms with Gasteiger partial charge < -0.3 is 4.74 Å². The fourth-order valence-electron chi connectivity index (χ4n) is 0.721. The van der Waals surface area contributed by atoms with Crippen molar-refractivity contribution in [2.24, 2.45) is 0 Å². The maximum Gasteiger partial charge on any atom is 0.0969 e. The molecule has 1 heterocycles. The second-order valence-corrected chi connectivity index (χ2v) is 2.88. The van der Waals surface area contributed by atoms with Gasteiger partial charge in [-0.1, -0.05) is 6.92 Å². The van der Waals surface area contributed by atoms with Crippen LogP contribution in [0.25, 0.3) is 0 Å². The van der Waals surface area contributed by atoms with E-state index in [1.807, 2.05) is 0 Å². The molecule has 0 aromatic rings. The van der Waals surface area contributed by atoms with Crippen molar-refractivity contribution in [3.05, 3.63) is 0 Å². The summed E-state index contributed by atoms with van der Waals surface area (Å²) in [5.74, 6) is 0. The molecule has 0 aliphatic carbocycles. The van der Waals surface area contributed by atoms with Crippen molar-refractivity contribution in [2.45, 2.75) is 18.2 Å². The molecule has 1 N–H and O–H groups in total. The molecule has 8 heavy (non-hydrogen) atoms. The minimum absolute atomic E-state index is 0.400. The molecule has 0 radical (unpaired) electrons. The second-order valence-electron chi connectivity index (χ2n) is 2.07. The smallest absolute Gasteiger partial charge is 0.0969 e. The molecule has 1 fully saturated rings. The highest BCUT2D eigenvalue weighted by Gasteiger charge is 2.17. The Bertz CT molecular complexity index is 70.8. The summed E-state index contributed by atoms with van der Waals surface area (Å²) in [6.45, 7) is 3.57. The van der Waals surface area contributed by atoms with Crippen LogP contribution in [0, 0.1) is 0 Å². The van der Waals surface area contributed by atoms with Crippen LogP contribution in [0.15, 0.2) is 0 Å². The first-order valence-electron chi connectivity index (χ1n) is 2.80. The summed E-state index contributed by atoms with van der Waals surface area (Å²) in [7, 11) is 0. The number of rotatable bonds is 1. The Hall–Kier alpha value is 0.270. The first-order valence-corrected chi connectivity index (χ1v) is 3.31. The van der Waals surface area contributed by atoms with Crippen LogP contribution in [0.5, 0.6) is 0 Å². The van der Waals surface area contributed by atoms with Crippen molar-refractivity contribution >= 4 is 12.6 Å². The van der Waals surface area contributed by atoms with Crippen molar-refractivity contribution in [3.8, 4) is 0 Å². The first kappa shape index (κ1) is 6.39. The summed E-state index contributed by atoms with van der Waals surface area (Å²) >= 11 is 4.25. The molecule has 0 aromatic carbocycles. The summed E-state index contributed by atoms with van der Waals surface area (Å²) in [5, 5.41) is 3.56. The van der Waals surface area contributed by atoms with Gasteiger partial charge in [0.1, 0.15) is 0 Å². The van der Waals surface area contributed by atoms with Gasteiger partial charge in [0, 0.05) is 11.3 Å². The monoisotopic (exact) mass is 133 g/mol. The molecule has 1 aliphatic heterocycles. The molecule has 48 valence electrons. The Labute approximate surface area is 55.0 Å². The lowest BCUT2D eigenvalue weighted by Crippen LogP contribution is -2.31. The summed E-state index contributed by atoms with van der Waals surface area (Å²) in [6.07, 6.45) is 0. The van der Waals surface area contributed by atoms with E-state index in [9.17, 15) is 0 Å². The SMILES string of the molecule is CC(S)C1COCN1. The Morgan fingerprint density at radius 1 is 1.88 bits per heavy atom. The highest BCUT2D eigenvalue weighted by atomic mass is 32.1. The van der Waals surface area contributed by atoms with Crippen LogP contribution in [-0.2, 0) is 4.74 Å². The van der Waals surface area contributed by atoms with Crippen molar-refractivity contribution in [1.82, 2.24) is 5.32 Å². The fraction of sp³-hybridized carbons (Fsp3) is 1.00. The molecule has 2 unspecified atom stereocenters. The Morgan fingerprint density at radius 2 is 2.62 bits per heavy atom. The molecular formula is C5H11NOS. The van der Waals surface area contributed by atoms with Gasteiger partial charge in [-0.05, 0) is 0 Å². The van der Waals surface area contributed by atoms with Crippen molar-refractivity contribution in [3.63, 3.8) is 0 Å². The maximum absolute atomic E-state index is 5.06. The van der Waals surface area contributed by atoms with Crippen LogP contribution in [0.4, 0.5) is 0 Å². The minimum atomic E-state index is 0.400. The van der Waals surface area contributed by atoms with Crippen molar-refractivity contribution < 1.29 is 4.74 Å². The lowest BCUT2D eigenvalue weighted by molar-refractivity contribution is 0.189. The Kier molecular flexibility index (Phi) is 2.16. The maximum atomic E-state index is 5.06. The van der Waals surface area contributed by atoms with Crippen LogP contribution < -0.4 is 5.32 Å². The van der Waals surface area contributed by atoms with E-state index in [1.54, 1.807) is 0 Å². The highest BCUT2D eigenvalue weighted by Crippen LogP contribution is 2.04. The minimum Gasteiger partial charge on any atom is -0.365 e. The van der Waals surface area contributed by atoms with Gasteiger partial charge in [-0.2, -0.15) is 12.6 Å². The molecule has 3 heteroatoms. The number of hydrogen-bond acceptors (Lipinski definition) is 3. The van der Waals surface area contributed by atoms with Crippen molar-refractivity contribution in [1.29, 1.82) is 0 Å². The van der Waals surface area contributed by atoms with Crippen LogP contribution in [0.2, 0.25) is 0 Å². The van der Waals surface area contributed by atoms with Crippen LogP contribution in [0.3, 0.4) is 0 Å². The molecule has 0 amide bonds. The van der Waals surface area contributed by atoms with E-state index in [0.717, 1.165) is 6.61 Å². The molecule has 0 aromatic heterocycles. The van der Waals surface area contributed by atoms with Gasteiger partial charge >= 0.3 is 0 Å². The van der Waals surface area contributed by atoms with E-state index in [0.29, 0.717) is 18.0 Å². The molecule has 2 nitrogen and oxygen atoms in total. The summed E-state index contributed by atoms with van der Waals surface area (Å²) in [4.78, 5) is 0. The van der Waals surface area contributed by atoms with Crippen LogP contribution in [0.1, 0.15) is 6.92 Å². The van der Waals surface area contributed by atoms with Gasteiger partial charge in [0.15, 0.2) is 0 Å². The average molecular weight is 133 g/mol. The second kappa shape index (κ2) is 2.71. The van der Waals surface area contributed by atoms with Crippen LogP contribution in [-0.4, -0.2) is 24.6 Å². The largest absolute Gasteiger partial charge is 0.365 e. The summed E-state index contributed by atoms with van der Waals surface area (Å²) in [5.41, 5.74) is 0. The molecule has 2 atom stereocenters. The number of hydrogen-bond donors (Lipinski definition) is 2. The quantitative estimate of drug-likeness (QED) is 0.500. The number of thiol groups is 1. The lowest BCUT2D eigenvalue weighted by atomic mass is 10.2. The third kappa shape index (κ3) is 1.37. The standard InChI is InChI=1S/C5H11NOS/c1-4(8)5-2-7-3-6-5/h4-6,8H,2-3H2,1H3. The van der Waals surface area contributed by atoms with E-state index in [4.69, 9.17) is 4.74 Å². The van der Waals surface area contributed by atoms with E-state index in [2.05, 4.69) is 24.9 Å². The zero-order chi connectivity index (χ0) is 5.98. The van der Waals surface area contributed by atoms with E-state index < -0.39 is 0 Å². The average Bonchev–Trinajstić information content (AvgIpc) is 2.12. The zero-order valence-corrected chi connectivity index (χ0v) is 5.82. The lowest BCUT2D eigenvalue weighted by Gasteiger charge is -2.09. The normalized spacial score (nSPS) is 33.0. The predicted octanol–water partition coefficient (Wildman–Crippen LogP) is 0.251. The van der Waals surface area contributed by atoms with E-state index >= 15 is 0 Å². The molecule has 1 aliphatic rings. The third-order valence-electron chi connectivity index (χ3n) is 1.33. The molecule has 0 bridgehead atoms. The van der Waals surface area contributed by atoms with E-state index in [1.165, 1.54) is 0 Å². The number of ether oxygens (including phenoxy) is 1. The van der Waals surface area contributed by atoms with E-state index in [-0.39, 0.29) is 0 Å². The molecular weight excluding hydrogens is 122 g/mol. The predicted molar refractivity (Wildman–Crippen MR) is 36.2 cm³/mol. The van der Waals surface area contributed by atoms with Gasteiger partial charge in [0.05, 0.1) is 13.3 Å². The summed E-state index contributed by atoms with van der Waals surface area (Å²) in [6, 6.07) is 0.457. The zero-order valence-electron chi connectivity index (χ0n) is 4.92. The van der Waals surface area contributed by atoms with Gasteiger partial charge in [0.25, 0.3) is 0 Å². The number of nitrogens with one attached hydrogen (secondary N) is 1. The van der Waals surface area contributed by atoms with Crippen molar-refractivity contribution in [2.75, 3.05) is 13.3 Å².